The number of nitrogens with one attached hydrogen (secondary N) is 2. The minimum atomic E-state index is -4.43. The lowest BCUT2D eigenvalue weighted by Gasteiger charge is -2.36. The summed E-state index contributed by atoms with van der Waals surface area (Å²) in [5.41, 5.74) is 2.01. The molecule has 5 nitrogen and oxygen atoms in total. The highest BCUT2D eigenvalue weighted by atomic mass is 32.2. The molecular formula is C29H34F4N4OS. The first-order chi connectivity index (χ1) is 18.6. The zero-order valence-corrected chi connectivity index (χ0v) is 23.3. The van der Waals surface area contributed by atoms with Crippen LogP contribution in [0.25, 0.3) is 10.9 Å². The first-order valence-corrected chi connectivity index (χ1v) is 14.0. The predicted octanol–water partition coefficient (Wildman–Crippen LogP) is 6.63. The molecule has 2 aromatic carbocycles. The Bertz CT molecular complexity index is 1340. The molecule has 0 bridgehead atoms. The molecule has 3 unspecified atom stereocenters. The molecule has 1 saturated carbocycles. The molecule has 4 rings (SSSR count). The summed E-state index contributed by atoms with van der Waals surface area (Å²) in [7, 11) is 5.48. The minimum Gasteiger partial charge on any atom is -0.495 e. The van der Waals surface area contributed by atoms with E-state index in [9.17, 15) is 13.2 Å². The lowest BCUT2D eigenvalue weighted by Crippen LogP contribution is -2.43. The van der Waals surface area contributed by atoms with Crippen molar-refractivity contribution in [3.63, 3.8) is 0 Å². The van der Waals surface area contributed by atoms with Gasteiger partial charge in [0.15, 0.2) is 0 Å². The van der Waals surface area contributed by atoms with Crippen molar-refractivity contribution in [3.8, 4) is 17.6 Å². The Kier molecular flexibility index (Phi) is 9.23. The molecule has 210 valence electrons. The Morgan fingerprint density at radius 2 is 1.92 bits per heavy atom. The van der Waals surface area contributed by atoms with Gasteiger partial charge in [0.05, 0.1) is 36.6 Å². The number of halogens is 4. The summed E-state index contributed by atoms with van der Waals surface area (Å²) >= 11 is 1.60. The second-order valence-corrected chi connectivity index (χ2v) is 10.8. The van der Waals surface area contributed by atoms with Crippen LogP contribution in [0.15, 0.2) is 47.4 Å². The lowest BCUT2D eigenvalue weighted by atomic mass is 9.88. The van der Waals surface area contributed by atoms with Gasteiger partial charge in [0.2, 0.25) is 0 Å². The zero-order chi connectivity index (χ0) is 28.2. The van der Waals surface area contributed by atoms with Gasteiger partial charge in [-0.3, -0.25) is 0 Å². The van der Waals surface area contributed by atoms with E-state index in [4.69, 9.17) is 4.74 Å². The monoisotopic (exact) mass is 562 g/mol. The van der Waals surface area contributed by atoms with Crippen LogP contribution in [0.5, 0.6) is 5.75 Å². The fourth-order valence-electron chi connectivity index (χ4n) is 5.01. The van der Waals surface area contributed by atoms with Crippen LogP contribution in [0.1, 0.15) is 25.0 Å². The van der Waals surface area contributed by atoms with Gasteiger partial charge in [-0.15, -0.1) is 11.8 Å². The van der Waals surface area contributed by atoms with E-state index in [2.05, 4.69) is 22.5 Å². The molecular weight excluding hydrogens is 528 g/mol. The zero-order valence-electron chi connectivity index (χ0n) is 22.5. The molecule has 1 heterocycles. The van der Waals surface area contributed by atoms with E-state index in [0.29, 0.717) is 35.2 Å². The van der Waals surface area contributed by atoms with Gasteiger partial charge in [-0.2, -0.15) is 13.2 Å². The number of alkyl halides is 4. The van der Waals surface area contributed by atoms with Gasteiger partial charge in [0.25, 0.3) is 0 Å². The number of methoxy groups -OCH3 is 1. The number of hydrogen-bond donors (Lipinski definition) is 2. The van der Waals surface area contributed by atoms with E-state index in [1.807, 2.05) is 43.5 Å². The van der Waals surface area contributed by atoms with Crippen molar-refractivity contribution in [3.05, 3.63) is 48.2 Å². The van der Waals surface area contributed by atoms with Gasteiger partial charge in [-0.25, -0.2) is 4.39 Å². The molecule has 0 amide bonds. The molecule has 1 aliphatic carbocycles. The average Bonchev–Trinajstić information content (AvgIpc) is 3.24. The molecule has 39 heavy (non-hydrogen) atoms. The van der Waals surface area contributed by atoms with E-state index in [-0.39, 0.29) is 18.3 Å². The maximum atomic E-state index is 15.0. The average molecular weight is 563 g/mol. The van der Waals surface area contributed by atoms with Crippen molar-refractivity contribution in [2.45, 2.75) is 55.1 Å². The van der Waals surface area contributed by atoms with E-state index >= 15 is 4.39 Å². The minimum absolute atomic E-state index is 0.181. The maximum Gasteiger partial charge on any atom is 0.406 e. The predicted molar refractivity (Wildman–Crippen MR) is 152 cm³/mol. The highest BCUT2D eigenvalue weighted by molar-refractivity contribution is 7.98. The van der Waals surface area contributed by atoms with Crippen LogP contribution in [0.3, 0.4) is 0 Å². The van der Waals surface area contributed by atoms with Crippen molar-refractivity contribution >= 4 is 34.0 Å². The summed E-state index contributed by atoms with van der Waals surface area (Å²) in [6, 6.07) is 12.3. The number of rotatable bonds is 8. The standard InChI is InChI=1S/C29H34F4N4OS/c1-36(2)19-10-12-25(23(30)16-19)35-24-8-5-9-27-22(24)15-20(37(27)18-29(31,32)33)7-6-14-34-26-13-11-21(39-4)17-28(26)38-3/h5,8-9,11,13,15,17,19,23,25,34-35H,10,12,14,16,18H2,1-4H3. The number of fused-ring (bicyclic) bond motifs is 1. The molecule has 1 fully saturated rings. The second kappa shape index (κ2) is 12.4. The molecule has 10 heteroatoms. The number of ether oxygens (including phenoxy) is 1. The van der Waals surface area contributed by atoms with Gasteiger partial charge in [-0.1, -0.05) is 12.0 Å². The van der Waals surface area contributed by atoms with Crippen LogP contribution in [-0.2, 0) is 6.54 Å². The third-order valence-corrected chi connectivity index (χ3v) is 7.82. The first kappa shape index (κ1) is 29.0. The molecule has 0 spiro atoms. The topological polar surface area (TPSA) is 41.5 Å². The third-order valence-electron chi connectivity index (χ3n) is 7.09. The second-order valence-electron chi connectivity index (χ2n) is 9.89. The Balaban J connectivity index is 1.58. The van der Waals surface area contributed by atoms with Gasteiger partial charge in [0, 0.05) is 22.0 Å². The van der Waals surface area contributed by atoms with Gasteiger partial charge in [-0.05, 0) is 81.9 Å². The van der Waals surface area contributed by atoms with Crippen LogP contribution < -0.4 is 15.4 Å². The Labute approximate surface area is 231 Å². The summed E-state index contributed by atoms with van der Waals surface area (Å²) in [6.07, 6.45) is -1.59. The normalized spacial score (nSPS) is 19.6. The smallest absolute Gasteiger partial charge is 0.406 e. The van der Waals surface area contributed by atoms with Gasteiger partial charge < -0.3 is 24.8 Å². The molecule has 1 aliphatic rings. The van der Waals surface area contributed by atoms with Crippen LogP contribution in [0, 0.1) is 11.8 Å². The molecule has 1 aromatic heterocycles. The van der Waals surface area contributed by atoms with Crippen molar-refractivity contribution in [1.82, 2.24) is 9.47 Å². The van der Waals surface area contributed by atoms with Crippen LogP contribution >= 0.6 is 11.8 Å². The third kappa shape index (κ3) is 7.14. The van der Waals surface area contributed by atoms with Crippen LogP contribution in [0.4, 0.5) is 28.9 Å². The number of anilines is 2. The Hall–Kier alpha value is -3.03. The Morgan fingerprint density at radius 1 is 1.13 bits per heavy atom. The summed E-state index contributed by atoms with van der Waals surface area (Å²) in [5, 5.41) is 7.05. The molecule has 0 saturated heterocycles. The van der Waals surface area contributed by atoms with Gasteiger partial charge >= 0.3 is 6.18 Å². The van der Waals surface area contributed by atoms with E-state index < -0.39 is 24.9 Å². The number of hydrogen-bond acceptors (Lipinski definition) is 5. The first-order valence-electron chi connectivity index (χ1n) is 12.8. The maximum absolute atomic E-state index is 15.0. The summed E-state index contributed by atoms with van der Waals surface area (Å²) in [6.45, 7) is -0.951. The number of thioether (sulfide) groups is 1. The van der Waals surface area contributed by atoms with E-state index in [1.54, 1.807) is 43.1 Å². The van der Waals surface area contributed by atoms with Crippen molar-refractivity contribution in [2.24, 2.45) is 0 Å². The highest BCUT2D eigenvalue weighted by Gasteiger charge is 2.33. The van der Waals surface area contributed by atoms with Crippen LogP contribution in [-0.4, -0.2) is 67.9 Å². The fraction of sp³-hybridized carbons (Fsp3) is 0.448. The number of nitrogens with zero attached hydrogens (tertiary/aromatic N) is 2. The summed E-state index contributed by atoms with van der Waals surface area (Å²) in [5.74, 6) is 6.52. The van der Waals surface area contributed by atoms with Crippen molar-refractivity contribution < 1.29 is 22.3 Å². The van der Waals surface area contributed by atoms with E-state index in [1.165, 1.54) is 4.57 Å². The number of aromatic nitrogens is 1. The molecule has 0 radical (unpaired) electrons. The fourth-order valence-corrected chi connectivity index (χ4v) is 5.44. The molecule has 3 aromatic rings. The summed E-state index contributed by atoms with van der Waals surface area (Å²) < 4.78 is 62.2. The van der Waals surface area contributed by atoms with Crippen LogP contribution in [0.2, 0.25) is 0 Å². The molecule has 0 aliphatic heterocycles. The van der Waals surface area contributed by atoms with Gasteiger partial charge in [0.1, 0.15) is 18.5 Å². The Morgan fingerprint density at radius 3 is 2.59 bits per heavy atom. The van der Waals surface area contributed by atoms with E-state index in [0.717, 1.165) is 17.0 Å². The molecule has 2 N–H and O–H groups in total. The molecule has 3 atom stereocenters. The van der Waals surface area contributed by atoms with Crippen molar-refractivity contribution in [2.75, 3.05) is 44.6 Å². The SMILES string of the molecule is COc1cc(SC)ccc1NCC#Cc1cc2c(NC3CCC(N(C)C)CC3F)cccc2n1CC(F)(F)F. The van der Waals surface area contributed by atoms with Crippen molar-refractivity contribution in [1.29, 1.82) is 0 Å². The lowest BCUT2D eigenvalue weighted by molar-refractivity contribution is -0.140. The number of benzene rings is 2. The summed E-state index contributed by atoms with van der Waals surface area (Å²) in [4.78, 5) is 3.09. The quantitative estimate of drug-likeness (QED) is 0.183. The largest absolute Gasteiger partial charge is 0.495 e. The highest BCUT2D eigenvalue weighted by Crippen LogP contribution is 2.33.